The Bertz CT molecular complexity index is 581. The van der Waals surface area contributed by atoms with Gasteiger partial charge < -0.3 is 11.1 Å². The first kappa shape index (κ1) is 12.0. The molecule has 18 heavy (non-hydrogen) atoms. The summed E-state index contributed by atoms with van der Waals surface area (Å²) in [7, 11) is 0. The van der Waals surface area contributed by atoms with Crippen LogP contribution in [0.3, 0.4) is 0 Å². The Morgan fingerprint density at radius 2 is 2.11 bits per heavy atom. The number of carbonyl (C=O) groups excluding carboxylic acids is 1. The zero-order valence-electron chi connectivity index (χ0n) is 9.77. The molecular formula is C13H12FN3O. The molecule has 1 aromatic heterocycles. The van der Waals surface area contributed by atoms with E-state index >= 15 is 0 Å². The first-order chi connectivity index (χ1) is 8.56. The molecule has 0 radical (unpaired) electrons. The summed E-state index contributed by atoms with van der Waals surface area (Å²) in [5.74, 6) is -0.423. The van der Waals surface area contributed by atoms with Gasteiger partial charge in [0.05, 0.1) is 11.9 Å². The molecule has 5 heteroatoms. The zero-order chi connectivity index (χ0) is 13.1. The van der Waals surface area contributed by atoms with E-state index in [0.717, 1.165) is 0 Å². The molecule has 2 rings (SSSR count). The number of carbonyl (C=O) groups is 1. The van der Waals surface area contributed by atoms with Crippen LogP contribution in [-0.4, -0.2) is 10.9 Å². The highest BCUT2D eigenvalue weighted by Gasteiger charge is 2.08. The number of hydrogen-bond donors (Lipinski definition) is 2. The number of aryl methyl sites for hydroxylation is 1. The Morgan fingerprint density at radius 1 is 1.33 bits per heavy atom. The molecule has 3 N–H and O–H groups in total. The number of nitrogen functional groups attached to an aromatic ring is 1. The standard InChI is InChI=1S/C13H12FN3O/c1-8-2-3-9(6-11(8)14)13(18)17-10-4-5-12(15)16-7-10/h2-7H,1H3,(H2,15,16)(H,17,18). The second kappa shape index (κ2) is 4.83. The van der Waals surface area contributed by atoms with Crippen molar-refractivity contribution in [3.63, 3.8) is 0 Å². The van der Waals surface area contributed by atoms with Gasteiger partial charge in [-0.25, -0.2) is 9.37 Å². The van der Waals surface area contributed by atoms with E-state index in [9.17, 15) is 9.18 Å². The maximum Gasteiger partial charge on any atom is 0.255 e. The molecule has 0 saturated heterocycles. The van der Waals surface area contributed by atoms with Crippen LogP contribution in [0.1, 0.15) is 15.9 Å². The second-order valence-electron chi connectivity index (χ2n) is 3.89. The van der Waals surface area contributed by atoms with Gasteiger partial charge in [0.15, 0.2) is 0 Å². The fourth-order valence-corrected chi connectivity index (χ4v) is 1.42. The van der Waals surface area contributed by atoms with Crippen molar-refractivity contribution < 1.29 is 9.18 Å². The topological polar surface area (TPSA) is 68.0 Å². The third-order valence-corrected chi connectivity index (χ3v) is 2.48. The van der Waals surface area contributed by atoms with Crippen molar-refractivity contribution in [2.75, 3.05) is 11.1 Å². The van der Waals surface area contributed by atoms with Crippen LogP contribution in [0.2, 0.25) is 0 Å². The predicted molar refractivity (Wildman–Crippen MR) is 67.7 cm³/mol. The molecule has 1 heterocycles. The Balaban J connectivity index is 2.16. The molecule has 0 aliphatic carbocycles. The van der Waals surface area contributed by atoms with Crippen molar-refractivity contribution in [2.45, 2.75) is 6.92 Å². The van der Waals surface area contributed by atoms with Crippen molar-refractivity contribution >= 4 is 17.4 Å². The van der Waals surface area contributed by atoms with Crippen LogP contribution in [0.15, 0.2) is 36.5 Å². The minimum Gasteiger partial charge on any atom is -0.384 e. The summed E-state index contributed by atoms with van der Waals surface area (Å²) >= 11 is 0. The molecule has 92 valence electrons. The molecule has 2 aromatic rings. The summed E-state index contributed by atoms with van der Waals surface area (Å²) in [5, 5.41) is 2.61. The second-order valence-corrected chi connectivity index (χ2v) is 3.89. The van der Waals surface area contributed by atoms with Crippen molar-refractivity contribution in [1.29, 1.82) is 0 Å². The zero-order valence-corrected chi connectivity index (χ0v) is 9.77. The van der Waals surface area contributed by atoms with E-state index in [1.54, 1.807) is 31.2 Å². The lowest BCUT2D eigenvalue weighted by Crippen LogP contribution is -2.12. The van der Waals surface area contributed by atoms with Crippen molar-refractivity contribution in [3.8, 4) is 0 Å². The summed E-state index contributed by atoms with van der Waals surface area (Å²) in [6.07, 6.45) is 1.44. The van der Waals surface area contributed by atoms with Crippen LogP contribution in [0, 0.1) is 12.7 Å². The number of halogens is 1. The minimum atomic E-state index is -0.405. The van der Waals surface area contributed by atoms with Gasteiger partial charge in [-0.3, -0.25) is 4.79 Å². The monoisotopic (exact) mass is 245 g/mol. The van der Waals surface area contributed by atoms with Crippen LogP contribution in [0.25, 0.3) is 0 Å². The molecule has 4 nitrogen and oxygen atoms in total. The van der Waals surface area contributed by atoms with E-state index in [4.69, 9.17) is 5.73 Å². The van der Waals surface area contributed by atoms with Crippen LogP contribution in [0.4, 0.5) is 15.9 Å². The summed E-state index contributed by atoms with van der Waals surface area (Å²) in [5.41, 5.74) is 6.70. The van der Waals surface area contributed by atoms with Gasteiger partial charge in [0, 0.05) is 5.56 Å². The number of nitrogens with zero attached hydrogens (tertiary/aromatic N) is 1. The smallest absolute Gasteiger partial charge is 0.255 e. The molecule has 0 saturated carbocycles. The van der Waals surface area contributed by atoms with Gasteiger partial charge in [0.2, 0.25) is 0 Å². The fraction of sp³-hybridized carbons (Fsp3) is 0.0769. The molecule has 0 spiro atoms. The summed E-state index contributed by atoms with van der Waals surface area (Å²) < 4.78 is 13.3. The Hall–Kier alpha value is -2.43. The largest absolute Gasteiger partial charge is 0.384 e. The molecular weight excluding hydrogens is 233 g/mol. The van der Waals surface area contributed by atoms with Crippen LogP contribution < -0.4 is 11.1 Å². The van der Waals surface area contributed by atoms with Gasteiger partial charge in [0.25, 0.3) is 5.91 Å². The molecule has 0 aliphatic heterocycles. The average Bonchev–Trinajstić information content (AvgIpc) is 2.35. The Labute approximate surface area is 104 Å². The lowest BCUT2D eigenvalue weighted by atomic mass is 10.1. The van der Waals surface area contributed by atoms with Crippen LogP contribution in [0.5, 0.6) is 0 Å². The Kier molecular flexibility index (Phi) is 3.23. The highest BCUT2D eigenvalue weighted by Crippen LogP contribution is 2.12. The lowest BCUT2D eigenvalue weighted by Gasteiger charge is -2.06. The molecule has 0 atom stereocenters. The number of hydrogen-bond acceptors (Lipinski definition) is 3. The number of benzene rings is 1. The molecule has 0 fully saturated rings. The number of nitrogens with one attached hydrogen (secondary N) is 1. The maximum atomic E-state index is 13.3. The number of amides is 1. The van der Waals surface area contributed by atoms with E-state index in [1.165, 1.54) is 12.3 Å². The predicted octanol–water partition coefficient (Wildman–Crippen LogP) is 2.36. The quantitative estimate of drug-likeness (QED) is 0.853. The molecule has 0 unspecified atom stereocenters. The SMILES string of the molecule is Cc1ccc(C(=O)Nc2ccc(N)nc2)cc1F. The fourth-order valence-electron chi connectivity index (χ4n) is 1.42. The summed E-state index contributed by atoms with van der Waals surface area (Å²) in [6.45, 7) is 1.64. The first-order valence-corrected chi connectivity index (χ1v) is 5.35. The maximum absolute atomic E-state index is 13.3. The number of pyridine rings is 1. The van der Waals surface area contributed by atoms with E-state index in [1.807, 2.05) is 0 Å². The third kappa shape index (κ3) is 2.63. The molecule has 0 aliphatic rings. The van der Waals surface area contributed by atoms with Crippen LogP contribution in [-0.2, 0) is 0 Å². The van der Waals surface area contributed by atoms with Gasteiger partial charge in [-0.1, -0.05) is 6.07 Å². The average molecular weight is 245 g/mol. The van der Waals surface area contributed by atoms with Gasteiger partial charge in [-0.05, 0) is 36.8 Å². The lowest BCUT2D eigenvalue weighted by molar-refractivity contribution is 0.102. The number of rotatable bonds is 2. The highest BCUT2D eigenvalue weighted by molar-refractivity contribution is 6.04. The van der Waals surface area contributed by atoms with Crippen molar-refractivity contribution in [2.24, 2.45) is 0 Å². The van der Waals surface area contributed by atoms with Crippen LogP contribution >= 0.6 is 0 Å². The number of aromatic nitrogens is 1. The Morgan fingerprint density at radius 3 is 2.72 bits per heavy atom. The van der Waals surface area contributed by atoms with E-state index in [-0.39, 0.29) is 11.5 Å². The molecule has 1 amide bonds. The number of anilines is 2. The van der Waals surface area contributed by atoms with Crippen molar-refractivity contribution in [1.82, 2.24) is 4.98 Å². The third-order valence-electron chi connectivity index (χ3n) is 2.48. The van der Waals surface area contributed by atoms with E-state index < -0.39 is 5.82 Å². The van der Waals surface area contributed by atoms with Gasteiger partial charge in [-0.15, -0.1) is 0 Å². The van der Waals surface area contributed by atoms with Crippen molar-refractivity contribution in [3.05, 3.63) is 53.5 Å². The minimum absolute atomic E-state index is 0.259. The highest BCUT2D eigenvalue weighted by atomic mass is 19.1. The molecule has 1 aromatic carbocycles. The van der Waals surface area contributed by atoms with Gasteiger partial charge in [-0.2, -0.15) is 0 Å². The van der Waals surface area contributed by atoms with Gasteiger partial charge >= 0.3 is 0 Å². The summed E-state index contributed by atoms with van der Waals surface area (Å²) in [4.78, 5) is 15.7. The normalized spacial score (nSPS) is 10.1. The first-order valence-electron chi connectivity index (χ1n) is 5.35. The summed E-state index contributed by atoms with van der Waals surface area (Å²) in [6, 6.07) is 7.54. The number of nitrogens with two attached hydrogens (primary N) is 1. The van der Waals surface area contributed by atoms with E-state index in [0.29, 0.717) is 17.1 Å². The van der Waals surface area contributed by atoms with E-state index in [2.05, 4.69) is 10.3 Å². The molecule has 0 bridgehead atoms. The van der Waals surface area contributed by atoms with Gasteiger partial charge in [0.1, 0.15) is 11.6 Å².